The summed E-state index contributed by atoms with van der Waals surface area (Å²) in [6, 6.07) is 14.2. The smallest absolute Gasteiger partial charge is 0.277 e. The number of rotatable bonds is 7. The third kappa shape index (κ3) is 4.36. The molecule has 1 unspecified atom stereocenters. The second-order valence-electron chi connectivity index (χ2n) is 8.63. The summed E-state index contributed by atoms with van der Waals surface area (Å²) in [5.41, 5.74) is 3.18. The number of amides is 1. The molecule has 2 aromatic carbocycles. The highest BCUT2D eigenvalue weighted by atomic mass is 19.1. The van der Waals surface area contributed by atoms with Gasteiger partial charge in [0, 0.05) is 32.3 Å². The van der Waals surface area contributed by atoms with Gasteiger partial charge in [-0.1, -0.05) is 44.2 Å². The van der Waals surface area contributed by atoms with Crippen molar-refractivity contribution in [2.75, 3.05) is 25.1 Å². The van der Waals surface area contributed by atoms with Gasteiger partial charge in [-0.2, -0.15) is 0 Å². The lowest BCUT2D eigenvalue weighted by molar-refractivity contribution is 0.00114. The van der Waals surface area contributed by atoms with Crippen molar-refractivity contribution in [2.24, 2.45) is 0 Å². The van der Waals surface area contributed by atoms with Crippen LogP contribution in [0.25, 0.3) is 11.4 Å². The Kier molecular flexibility index (Phi) is 6.49. The van der Waals surface area contributed by atoms with Crippen molar-refractivity contribution in [3.05, 3.63) is 71.2 Å². The fourth-order valence-corrected chi connectivity index (χ4v) is 4.10. The molecule has 0 radical (unpaired) electrons. The van der Waals surface area contributed by atoms with Crippen molar-refractivity contribution >= 4 is 11.7 Å². The highest BCUT2D eigenvalue weighted by Gasteiger charge is 2.39. The van der Waals surface area contributed by atoms with E-state index in [-0.39, 0.29) is 24.9 Å². The normalized spacial score (nSPS) is 16.0. The maximum Gasteiger partial charge on any atom is 0.277 e. The van der Waals surface area contributed by atoms with Crippen LogP contribution in [0.4, 0.5) is 10.2 Å². The first kappa shape index (κ1) is 22.9. The van der Waals surface area contributed by atoms with Crippen molar-refractivity contribution < 1.29 is 19.4 Å². The fourth-order valence-electron chi connectivity index (χ4n) is 4.10. The molecule has 0 saturated carbocycles. The van der Waals surface area contributed by atoms with Crippen molar-refractivity contribution in [3.63, 3.8) is 0 Å². The van der Waals surface area contributed by atoms with Gasteiger partial charge >= 0.3 is 0 Å². The summed E-state index contributed by atoms with van der Waals surface area (Å²) in [5.74, 6) is 0.624. The molecule has 1 atom stereocenters. The molecule has 3 aromatic rings. The van der Waals surface area contributed by atoms with Gasteiger partial charge in [-0.3, -0.25) is 9.69 Å². The average molecular weight is 453 g/mol. The molecule has 0 fully saturated rings. The van der Waals surface area contributed by atoms with E-state index in [0.717, 1.165) is 16.7 Å². The molecule has 2 heterocycles. The number of fused-ring (bicyclic) bond motifs is 1. The summed E-state index contributed by atoms with van der Waals surface area (Å²) in [6.45, 7) is 4.66. The predicted molar refractivity (Wildman–Crippen MR) is 124 cm³/mol. The van der Waals surface area contributed by atoms with Gasteiger partial charge in [0.1, 0.15) is 11.6 Å². The summed E-state index contributed by atoms with van der Waals surface area (Å²) < 4.78 is 15.3. The number of anilines is 1. The molecule has 0 spiro atoms. The Hall–Kier alpha value is -3.23. The molecule has 7 nitrogen and oxygen atoms in total. The molecule has 1 aliphatic rings. The van der Waals surface area contributed by atoms with Crippen molar-refractivity contribution in [1.82, 2.24) is 14.5 Å². The number of hydrogen-bond acceptors (Lipinski definition) is 5. The minimum Gasteiger partial charge on any atom is -0.396 e. The van der Waals surface area contributed by atoms with E-state index in [2.05, 4.69) is 26.0 Å². The molecule has 1 aliphatic heterocycles. The fraction of sp³-hybridized carbons (Fsp3) is 0.360. The van der Waals surface area contributed by atoms with Crippen LogP contribution in [0.3, 0.4) is 0 Å². The van der Waals surface area contributed by atoms with Crippen LogP contribution in [-0.4, -0.2) is 57.1 Å². The van der Waals surface area contributed by atoms with E-state index in [1.165, 1.54) is 17.0 Å². The third-order valence-electron chi connectivity index (χ3n) is 5.99. The summed E-state index contributed by atoms with van der Waals surface area (Å²) in [6.07, 6.45) is -0.831. The zero-order valence-corrected chi connectivity index (χ0v) is 19.1. The lowest BCUT2D eigenvalue weighted by atomic mass is 10.0. The monoisotopic (exact) mass is 452 g/mol. The Morgan fingerprint density at radius 1 is 1.15 bits per heavy atom. The molecular formula is C25H29FN4O3. The number of imidazole rings is 1. The molecule has 4 rings (SSSR count). The van der Waals surface area contributed by atoms with Gasteiger partial charge in [0.25, 0.3) is 5.91 Å². The highest BCUT2D eigenvalue weighted by Crippen LogP contribution is 2.35. The minimum atomic E-state index is -1.18. The predicted octanol–water partition coefficient (Wildman–Crippen LogP) is 3.41. The average Bonchev–Trinajstić information content (AvgIpc) is 3.18. The Balaban J connectivity index is 1.88. The second-order valence-corrected chi connectivity index (χ2v) is 8.63. The number of nitrogens with zero attached hydrogens (tertiary/aromatic N) is 4. The standard InChI is InChI=1S/C25H29FN4O3/c1-16(2)18-6-4-7-19(14-18)22-27-23-21(30(22)15-17-8-10-20(26)11-9-17)24(32)29(12-5-13-31)25(33)28(23)3/h4,6-11,14,16,25,31,33H,5,12-13,15H2,1-3H3. The molecule has 0 saturated heterocycles. The Labute approximate surface area is 192 Å². The Morgan fingerprint density at radius 2 is 1.88 bits per heavy atom. The highest BCUT2D eigenvalue weighted by molar-refractivity contribution is 6.00. The van der Waals surface area contributed by atoms with Crippen LogP contribution in [0.2, 0.25) is 0 Å². The van der Waals surface area contributed by atoms with E-state index in [9.17, 15) is 19.4 Å². The maximum atomic E-state index is 13.5. The number of benzene rings is 2. The summed E-state index contributed by atoms with van der Waals surface area (Å²) in [5, 5.41) is 20.0. The molecule has 8 heteroatoms. The van der Waals surface area contributed by atoms with Crippen molar-refractivity contribution in [1.29, 1.82) is 0 Å². The zero-order chi connectivity index (χ0) is 23.7. The Morgan fingerprint density at radius 3 is 2.55 bits per heavy atom. The molecule has 2 N–H and O–H groups in total. The van der Waals surface area contributed by atoms with Gasteiger partial charge < -0.3 is 19.7 Å². The SMILES string of the molecule is CC(C)c1cccc(-c2nc3c(n2Cc2ccc(F)cc2)C(=O)N(CCCO)C(O)N3C)c1. The number of aliphatic hydroxyl groups is 2. The molecule has 0 bridgehead atoms. The van der Waals surface area contributed by atoms with Crippen LogP contribution in [0.5, 0.6) is 0 Å². The topological polar surface area (TPSA) is 81.8 Å². The molecule has 1 aromatic heterocycles. The largest absolute Gasteiger partial charge is 0.396 e. The summed E-state index contributed by atoms with van der Waals surface area (Å²) in [4.78, 5) is 21.2. The van der Waals surface area contributed by atoms with E-state index in [1.54, 1.807) is 24.1 Å². The van der Waals surface area contributed by atoms with Crippen molar-refractivity contribution in [3.8, 4) is 11.4 Å². The minimum absolute atomic E-state index is 0.0881. The Bertz CT molecular complexity index is 1140. The van der Waals surface area contributed by atoms with Gasteiger partial charge in [0.05, 0.1) is 0 Å². The van der Waals surface area contributed by atoms with Crippen LogP contribution in [0.15, 0.2) is 48.5 Å². The van der Waals surface area contributed by atoms with Crippen LogP contribution in [0, 0.1) is 5.82 Å². The molecular weight excluding hydrogens is 423 g/mol. The number of halogens is 1. The lowest BCUT2D eigenvalue weighted by Gasteiger charge is -2.38. The van der Waals surface area contributed by atoms with Crippen LogP contribution >= 0.6 is 0 Å². The second kappa shape index (κ2) is 9.33. The van der Waals surface area contributed by atoms with E-state index in [0.29, 0.717) is 36.2 Å². The van der Waals surface area contributed by atoms with Crippen LogP contribution < -0.4 is 4.90 Å². The van der Waals surface area contributed by atoms with E-state index >= 15 is 0 Å². The summed E-state index contributed by atoms with van der Waals surface area (Å²) >= 11 is 0. The van der Waals surface area contributed by atoms with E-state index in [4.69, 9.17) is 4.98 Å². The van der Waals surface area contributed by atoms with Gasteiger partial charge in [0.2, 0.25) is 6.35 Å². The van der Waals surface area contributed by atoms with E-state index < -0.39 is 6.35 Å². The molecule has 174 valence electrons. The number of carbonyl (C=O) groups is 1. The first-order valence-corrected chi connectivity index (χ1v) is 11.1. The van der Waals surface area contributed by atoms with Crippen LogP contribution in [-0.2, 0) is 6.54 Å². The van der Waals surface area contributed by atoms with Crippen molar-refractivity contribution in [2.45, 2.75) is 39.1 Å². The molecule has 33 heavy (non-hydrogen) atoms. The number of aromatic nitrogens is 2. The first-order valence-electron chi connectivity index (χ1n) is 11.1. The van der Waals surface area contributed by atoms with E-state index in [1.807, 2.05) is 16.7 Å². The first-order chi connectivity index (χ1) is 15.8. The van der Waals surface area contributed by atoms with Gasteiger partial charge in [-0.15, -0.1) is 0 Å². The molecule has 0 aliphatic carbocycles. The van der Waals surface area contributed by atoms with Crippen LogP contribution in [0.1, 0.15) is 47.8 Å². The van der Waals surface area contributed by atoms with Gasteiger partial charge in [-0.25, -0.2) is 9.37 Å². The number of hydrogen-bond donors (Lipinski definition) is 2. The molecule has 1 amide bonds. The number of carbonyl (C=O) groups excluding carboxylic acids is 1. The zero-order valence-electron chi connectivity index (χ0n) is 19.1. The maximum absolute atomic E-state index is 13.5. The lowest BCUT2D eigenvalue weighted by Crippen LogP contribution is -2.54. The summed E-state index contributed by atoms with van der Waals surface area (Å²) in [7, 11) is 1.69. The van der Waals surface area contributed by atoms with Gasteiger partial charge in [-0.05, 0) is 41.7 Å². The number of aliphatic hydroxyl groups excluding tert-OH is 2. The van der Waals surface area contributed by atoms with Gasteiger partial charge in [0.15, 0.2) is 11.5 Å². The quantitative estimate of drug-likeness (QED) is 0.574. The third-order valence-corrected chi connectivity index (χ3v) is 5.99.